The number of benzene rings is 1. The number of aliphatic hydroxyl groups excluding tert-OH is 1. The molecule has 1 unspecified atom stereocenters. The van der Waals surface area contributed by atoms with Gasteiger partial charge < -0.3 is 15.0 Å². The van der Waals surface area contributed by atoms with Crippen LogP contribution >= 0.6 is 0 Å². The minimum Gasteiger partial charge on any atom is -0.396 e. The maximum absolute atomic E-state index is 12.0. The average Bonchev–Trinajstić information content (AvgIpc) is 2.44. The van der Waals surface area contributed by atoms with E-state index >= 15 is 0 Å². The lowest BCUT2D eigenvalue weighted by Crippen LogP contribution is -2.21. The summed E-state index contributed by atoms with van der Waals surface area (Å²) >= 11 is 0. The van der Waals surface area contributed by atoms with Gasteiger partial charge in [-0.3, -0.25) is 14.9 Å². The van der Waals surface area contributed by atoms with Gasteiger partial charge in [0.2, 0.25) is 0 Å². The van der Waals surface area contributed by atoms with E-state index in [1.807, 2.05) is 6.92 Å². The number of nitrogens with one attached hydrogen (secondary N) is 1. The number of nitro groups is 1. The maximum Gasteiger partial charge on any atom is 0.270 e. The fourth-order valence-corrected chi connectivity index (χ4v) is 2.21. The molecule has 0 aliphatic carbocycles. The second-order valence-electron chi connectivity index (χ2n) is 4.97. The number of aromatic nitrogens is 1. The molecule has 0 saturated carbocycles. The highest BCUT2D eigenvalue weighted by atomic mass is 16.6. The topological polar surface area (TPSA) is 97.4 Å². The number of aliphatic hydroxyl groups is 1. The van der Waals surface area contributed by atoms with Gasteiger partial charge in [0.1, 0.15) is 0 Å². The van der Waals surface area contributed by atoms with Crippen LogP contribution in [0.5, 0.6) is 0 Å². The molecule has 7 heteroatoms. The third kappa shape index (κ3) is 3.03. The molecule has 112 valence electrons. The molecule has 1 heterocycles. The first-order chi connectivity index (χ1) is 9.93. The molecule has 0 radical (unpaired) electrons. The monoisotopic (exact) mass is 291 g/mol. The Balaban J connectivity index is 2.62. The maximum atomic E-state index is 12.0. The first kappa shape index (κ1) is 15.0. The molecule has 0 aliphatic heterocycles. The molecule has 2 aromatic rings. The van der Waals surface area contributed by atoms with Crippen molar-refractivity contribution < 1.29 is 10.0 Å². The van der Waals surface area contributed by atoms with Gasteiger partial charge in [-0.1, -0.05) is 0 Å². The smallest absolute Gasteiger partial charge is 0.270 e. The molecule has 0 amide bonds. The van der Waals surface area contributed by atoms with Gasteiger partial charge in [-0.05, 0) is 19.4 Å². The second-order valence-corrected chi connectivity index (χ2v) is 4.97. The van der Waals surface area contributed by atoms with Gasteiger partial charge in [-0.15, -0.1) is 0 Å². The van der Waals surface area contributed by atoms with E-state index in [-0.39, 0.29) is 23.9 Å². The predicted octanol–water partition coefficient (Wildman–Crippen LogP) is 1.63. The summed E-state index contributed by atoms with van der Waals surface area (Å²) in [6, 6.07) is 5.76. The van der Waals surface area contributed by atoms with Crippen LogP contribution in [0.1, 0.15) is 13.3 Å². The summed E-state index contributed by atoms with van der Waals surface area (Å²) in [5.74, 6) is 0. The van der Waals surface area contributed by atoms with Crippen LogP contribution in [-0.4, -0.2) is 27.2 Å². The summed E-state index contributed by atoms with van der Waals surface area (Å²) in [6.07, 6.45) is 0.519. The second kappa shape index (κ2) is 5.92. The number of fused-ring (bicyclic) bond motifs is 1. The molecular formula is C14H17N3O4. The first-order valence-electron chi connectivity index (χ1n) is 6.59. The van der Waals surface area contributed by atoms with Gasteiger partial charge in [0.05, 0.1) is 10.4 Å². The van der Waals surface area contributed by atoms with Gasteiger partial charge in [0.25, 0.3) is 11.2 Å². The summed E-state index contributed by atoms with van der Waals surface area (Å²) in [7, 11) is 1.62. The van der Waals surface area contributed by atoms with Crippen molar-refractivity contribution in [1.82, 2.24) is 4.57 Å². The fraction of sp³-hybridized carbons (Fsp3) is 0.357. The van der Waals surface area contributed by atoms with E-state index in [2.05, 4.69) is 5.32 Å². The zero-order valence-corrected chi connectivity index (χ0v) is 11.9. The molecule has 21 heavy (non-hydrogen) atoms. The van der Waals surface area contributed by atoms with Crippen molar-refractivity contribution in [2.75, 3.05) is 11.9 Å². The third-order valence-corrected chi connectivity index (χ3v) is 3.40. The quantitative estimate of drug-likeness (QED) is 0.644. The van der Waals surface area contributed by atoms with Gasteiger partial charge in [-0.2, -0.15) is 0 Å². The Morgan fingerprint density at radius 3 is 2.76 bits per heavy atom. The summed E-state index contributed by atoms with van der Waals surface area (Å²) in [4.78, 5) is 22.4. The standard InChI is InChI=1S/C14H17N3O4/c1-9(5-6-18)15-12-8-14(19)16(2)13-4-3-10(17(20)21)7-11(12)13/h3-4,7-9,15,18H,5-6H2,1-2H3. The fourth-order valence-electron chi connectivity index (χ4n) is 2.21. The van der Waals surface area contributed by atoms with Crippen LogP contribution in [0.25, 0.3) is 10.9 Å². The number of rotatable bonds is 5. The zero-order chi connectivity index (χ0) is 15.6. The number of nitrogens with zero attached hydrogens (tertiary/aromatic N) is 2. The minimum atomic E-state index is -0.467. The van der Waals surface area contributed by atoms with E-state index in [4.69, 9.17) is 5.11 Å². The van der Waals surface area contributed by atoms with Crippen molar-refractivity contribution in [2.24, 2.45) is 7.05 Å². The molecular weight excluding hydrogens is 274 g/mol. The number of hydrogen-bond acceptors (Lipinski definition) is 5. The van der Waals surface area contributed by atoms with Crippen molar-refractivity contribution in [1.29, 1.82) is 0 Å². The van der Waals surface area contributed by atoms with Gasteiger partial charge >= 0.3 is 0 Å². The molecule has 2 rings (SSSR count). The third-order valence-electron chi connectivity index (χ3n) is 3.40. The number of pyridine rings is 1. The molecule has 0 spiro atoms. The molecule has 1 aromatic heterocycles. The van der Waals surface area contributed by atoms with Gasteiger partial charge in [0.15, 0.2) is 0 Å². The van der Waals surface area contributed by atoms with Gasteiger partial charge in [-0.25, -0.2) is 0 Å². The van der Waals surface area contributed by atoms with E-state index in [0.717, 1.165) is 0 Å². The first-order valence-corrected chi connectivity index (χ1v) is 6.59. The number of aryl methyl sites for hydroxylation is 1. The number of nitro benzene ring substituents is 1. The average molecular weight is 291 g/mol. The van der Waals surface area contributed by atoms with Crippen molar-refractivity contribution in [3.63, 3.8) is 0 Å². The highest BCUT2D eigenvalue weighted by Gasteiger charge is 2.13. The van der Waals surface area contributed by atoms with E-state index < -0.39 is 4.92 Å². The number of non-ortho nitro benzene ring substituents is 1. The summed E-state index contributed by atoms with van der Waals surface area (Å²) in [5.41, 5.74) is 0.929. The largest absolute Gasteiger partial charge is 0.396 e. The van der Waals surface area contributed by atoms with Gasteiger partial charge in [0, 0.05) is 49.0 Å². The van der Waals surface area contributed by atoms with E-state index in [1.165, 1.54) is 22.8 Å². The Morgan fingerprint density at radius 2 is 2.14 bits per heavy atom. The summed E-state index contributed by atoms with van der Waals surface area (Å²) < 4.78 is 1.45. The Bertz CT molecular complexity index is 739. The molecule has 0 aliphatic rings. The molecule has 1 atom stereocenters. The molecule has 0 fully saturated rings. The molecule has 2 N–H and O–H groups in total. The Labute approximate surface area is 121 Å². The minimum absolute atomic E-state index is 0.0249. The molecule has 7 nitrogen and oxygen atoms in total. The van der Waals surface area contributed by atoms with Crippen LogP contribution in [0.4, 0.5) is 11.4 Å². The highest BCUT2D eigenvalue weighted by molar-refractivity contribution is 5.93. The van der Waals surface area contributed by atoms with E-state index in [1.54, 1.807) is 13.1 Å². The lowest BCUT2D eigenvalue weighted by atomic mass is 10.1. The van der Waals surface area contributed by atoms with Crippen molar-refractivity contribution in [3.05, 3.63) is 44.7 Å². The van der Waals surface area contributed by atoms with Crippen molar-refractivity contribution >= 4 is 22.3 Å². The van der Waals surface area contributed by atoms with Crippen LogP contribution in [0.3, 0.4) is 0 Å². The Hall–Kier alpha value is -2.41. The highest BCUT2D eigenvalue weighted by Crippen LogP contribution is 2.26. The van der Waals surface area contributed by atoms with E-state index in [9.17, 15) is 14.9 Å². The normalized spacial score (nSPS) is 12.3. The number of hydrogen-bond donors (Lipinski definition) is 2. The summed E-state index contributed by atoms with van der Waals surface area (Å²) in [6.45, 7) is 1.90. The Morgan fingerprint density at radius 1 is 1.43 bits per heavy atom. The van der Waals surface area contributed by atoms with Crippen LogP contribution in [0.15, 0.2) is 29.1 Å². The molecule has 0 bridgehead atoms. The van der Waals surface area contributed by atoms with Crippen LogP contribution in [0, 0.1) is 10.1 Å². The summed E-state index contributed by atoms with van der Waals surface area (Å²) in [5, 5.41) is 23.6. The predicted molar refractivity (Wildman–Crippen MR) is 80.6 cm³/mol. The van der Waals surface area contributed by atoms with Crippen molar-refractivity contribution in [2.45, 2.75) is 19.4 Å². The van der Waals surface area contributed by atoms with Crippen LogP contribution in [0.2, 0.25) is 0 Å². The lowest BCUT2D eigenvalue weighted by Gasteiger charge is -2.17. The molecule has 1 aromatic carbocycles. The number of anilines is 1. The Kier molecular flexibility index (Phi) is 4.23. The molecule has 0 saturated heterocycles. The van der Waals surface area contributed by atoms with Crippen molar-refractivity contribution in [3.8, 4) is 0 Å². The van der Waals surface area contributed by atoms with Crippen LogP contribution < -0.4 is 10.9 Å². The zero-order valence-electron chi connectivity index (χ0n) is 11.9. The van der Waals surface area contributed by atoms with Crippen LogP contribution in [-0.2, 0) is 7.05 Å². The lowest BCUT2D eigenvalue weighted by molar-refractivity contribution is -0.384. The SMILES string of the molecule is CC(CCO)Nc1cc(=O)n(C)c2ccc([N+](=O)[O-])cc12. The van der Waals surface area contributed by atoms with E-state index in [0.29, 0.717) is 23.0 Å².